The van der Waals surface area contributed by atoms with E-state index in [1.54, 1.807) is 0 Å². The Hall–Kier alpha value is -1.55. The van der Waals surface area contributed by atoms with E-state index in [9.17, 15) is 9.90 Å². The molecule has 2 rings (SSSR count). The lowest BCUT2D eigenvalue weighted by molar-refractivity contribution is -0.122. The van der Waals surface area contributed by atoms with E-state index >= 15 is 0 Å². The molecule has 4 heteroatoms. The molecule has 1 aliphatic heterocycles. The van der Waals surface area contributed by atoms with Crippen LogP contribution in [-0.4, -0.2) is 36.2 Å². The zero-order valence-corrected chi connectivity index (χ0v) is 11.6. The highest BCUT2D eigenvalue weighted by Crippen LogP contribution is 2.24. The molecule has 1 fully saturated rings. The summed E-state index contributed by atoms with van der Waals surface area (Å²) in [4.78, 5) is 14.0. The highest BCUT2D eigenvalue weighted by atomic mass is 16.3. The molecule has 0 radical (unpaired) electrons. The van der Waals surface area contributed by atoms with Crippen LogP contribution in [0.5, 0.6) is 0 Å². The Bertz CT molecular complexity index is 430. The van der Waals surface area contributed by atoms with Gasteiger partial charge >= 0.3 is 0 Å². The molecule has 0 saturated carbocycles. The smallest absolute Gasteiger partial charge is 0.245 e. The molecule has 2 atom stereocenters. The van der Waals surface area contributed by atoms with E-state index in [2.05, 4.69) is 31.3 Å². The van der Waals surface area contributed by atoms with Crippen molar-refractivity contribution in [3.05, 3.63) is 29.8 Å². The molecular weight excluding hydrogens is 240 g/mol. The summed E-state index contributed by atoms with van der Waals surface area (Å²) in [6, 6.07) is 7.97. The van der Waals surface area contributed by atoms with Crippen LogP contribution < -0.4 is 10.2 Å². The van der Waals surface area contributed by atoms with Crippen molar-refractivity contribution in [1.82, 2.24) is 5.32 Å². The van der Waals surface area contributed by atoms with Gasteiger partial charge < -0.3 is 15.3 Å². The summed E-state index contributed by atoms with van der Waals surface area (Å²) >= 11 is 0. The maximum atomic E-state index is 12.0. The normalized spacial score (nSPS) is 23.9. The number of carbonyl (C=O) groups is 1. The van der Waals surface area contributed by atoms with Gasteiger partial charge in [0.2, 0.25) is 5.91 Å². The third-order valence-electron chi connectivity index (χ3n) is 3.79. The van der Waals surface area contributed by atoms with Crippen LogP contribution in [0.15, 0.2) is 24.3 Å². The molecule has 19 heavy (non-hydrogen) atoms. The van der Waals surface area contributed by atoms with Crippen LogP contribution in [0.25, 0.3) is 0 Å². The summed E-state index contributed by atoms with van der Waals surface area (Å²) in [7, 11) is 0. The summed E-state index contributed by atoms with van der Waals surface area (Å²) in [5, 5.41) is 12.4. The molecule has 104 valence electrons. The predicted molar refractivity (Wildman–Crippen MR) is 76.3 cm³/mol. The molecule has 0 spiro atoms. The SMILES string of the molecule is CCc1ccc(N2C(C)CCNC(=O)C2CO)cc1. The van der Waals surface area contributed by atoms with Gasteiger partial charge in [0, 0.05) is 18.3 Å². The fourth-order valence-corrected chi connectivity index (χ4v) is 2.60. The van der Waals surface area contributed by atoms with Crippen molar-refractivity contribution >= 4 is 11.6 Å². The molecular formula is C15H22N2O2. The summed E-state index contributed by atoms with van der Waals surface area (Å²) in [6.07, 6.45) is 1.89. The minimum Gasteiger partial charge on any atom is -0.394 e. The largest absolute Gasteiger partial charge is 0.394 e. The van der Waals surface area contributed by atoms with Crippen LogP contribution in [0.3, 0.4) is 0 Å². The number of rotatable bonds is 3. The number of aryl methyl sites for hydroxylation is 1. The minimum atomic E-state index is -0.495. The van der Waals surface area contributed by atoms with Crippen molar-refractivity contribution in [2.24, 2.45) is 0 Å². The highest BCUT2D eigenvalue weighted by Gasteiger charge is 2.31. The number of nitrogens with one attached hydrogen (secondary N) is 1. The number of nitrogens with zero attached hydrogens (tertiary/aromatic N) is 1. The molecule has 0 aromatic heterocycles. The summed E-state index contributed by atoms with van der Waals surface area (Å²) in [5.74, 6) is -0.0913. The van der Waals surface area contributed by atoms with Gasteiger partial charge in [0.1, 0.15) is 6.04 Å². The molecule has 1 amide bonds. The first-order valence-electron chi connectivity index (χ1n) is 6.93. The van der Waals surface area contributed by atoms with E-state index in [4.69, 9.17) is 0 Å². The summed E-state index contributed by atoms with van der Waals surface area (Å²) in [6.45, 7) is 4.72. The van der Waals surface area contributed by atoms with Gasteiger partial charge in [-0.15, -0.1) is 0 Å². The first-order valence-corrected chi connectivity index (χ1v) is 6.93. The maximum Gasteiger partial charge on any atom is 0.245 e. The molecule has 2 unspecified atom stereocenters. The van der Waals surface area contributed by atoms with Gasteiger partial charge in [-0.2, -0.15) is 0 Å². The van der Waals surface area contributed by atoms with Gasteiger partial charge in [-0.1, -0.05) is 19.1 Å². The summed E-state index contributed by atoms with van der Waals surface area (Å²) < 4.78 is 0. The second-order valence-corrected chi connectivity index (χ2v) is 5.05. The standard InChI is InChI=1S/C15H22N2O2/c1-3-12-4-6-13(7-5-12)17-11(2)8-9-16-15(19)14(17)10-18/h4-7,11,14,18H,3,8-10H2,1-2H3,(H,16,19). The summed E-state index contributed by atoms with van der Waals surface area (Å²) in [5.41, 5.74) is 2.28. The van der Waals surface area contributed by atoms with Crippen LogP contribution in [0.4, 0.5) is 5.69 Å². The molecule has 1 aromatic carbocycles. The fraction of sp³-hybridized carbons (Fsp3) is 0.533. The van der Waals surface area contributed by atoms with Crippen molar-refractivity contribution in [2.75, 3.05) is 18.1 Å². The Balaban J connectivity index is 2.32. The van der Waals surface area contributed by atoms with E-state index in [-0.39, 0.29) is 18.6 Å². The van der Waals surface area contributed by atoms with Crippen molar-refractivity contribution < 1.29 is 9.90 Å². The van der Waals surface area contributed by atoms with Crippen LogP contribution in [0.2, 0.25) is 0 Å². The average Bonchev–Trinajstić information content (AvgIpc) is 2.57. The van der Waals surface area contributed by atoms with Crippen molar-refractivity contribution in [2.45, 2.75) is 38.8 Å². The van der Waals surface area contributed by atoms with E-state index < -0.39 is 6.04 Å². The third-order valence-corrected chi connectivity index (χ3v) is 3.79. The van der Waals surface area contributed by atoms with Crippen molar-refractivity contribution in [3.63, 3.8) is 0 Å². The van der Waals surface area contributed by atoms with Gasteiger partial charge in [-0.3, -0.25) is 4.79 Å². The van der Waals surface area contributed by atoms with Crippen LogP contribution >= 0.6 is 0 Å². The molecule has 1 aliphatic rings. The highest BCUT2D eigenvalue weighted by molar-refractivity contribution is 5.86. The Kier molecular flexibility index (Phi) is 4.43. The Morgan fingerprint density at radius 1 is 1.37 bits per heavy atom. The number of anilines is 1. The van der Waals surface area contributed by atoms with E-state index in [0.29, 0.717) is 6.54 Å². The van der Waals surface area contributed by atoms with E-state index in [1.807, 2.05) is 17.0 Å². The number of carbonyl (C=O) groups excluding carboxylic acids is 1. The van der Waals surface area contributed by atoms with Gasteiger partial charge in [0.05, 0.1) is 6.61 Å². The van der Waals surface area contributed by atoms with E-state index in [0.717, 1.165) is 18.5 Å². The van der Waals surface area contributed by atoms with Crippen molar-refractivity contribution in [1.29, 1.82) is 0 Å². The molecule has 4 nitrogen and oxygen atoms in total. The lowest BCUT2D eigenvalue weighted by Gasteiger charge is -2.34. The quantitative estimate of drug-likeness (QED) is 0.864. The van der Waals surface area contributed by atoms with Gasteiger partial charge in [0.15, 0.2) is 0 Å². The molecule has 1 saturated heterocycles. The topological polar surface area (TPSA) is 52.6 Å². The Labute approximate surface area is 114 Å². The second-order valence-electron chi connectivity index (χ2n) is 5.05. The molecule has 1 aromatic rings. The van der Waals surface area contributed by atoms with Gasteiger partial charge in [-0.05, 0) is 37.5 Å². The first-order chi connectivity index (χ1) is 9.17. The molecule has 2 N–H and O–H groups in total. The molecule has 0 aliphatic carbocycles. The number of hydrogen-bond acceptors (Lipinski definition) is 3. The monoisotopic (exact) mass is 262 g/mol. The average molecular weight is 262 g/mol. The van der Waals surface area contributed by atoms with Crippen LogP contribution in [0, 0.1) is 0 Å². The van der Waals surface area contributed by atoms with Crippen LogP contribution in [0.1, 0.15) is 25.8 Å². The Morgan fingerprint density at radius 3 is 2.63 bits per heavy atom. The van der Waals surface area contributed by atoms with Crippen LogP contribution in [-0.2, 0) is 11.2 Å². The van der Waals surface area contributed by atoms with Crippen molar-refractivity contribution in [3.8, 4) is 0 Å². The predicted octanol–water partition coefficient (Wildman–Crippen LogP) is 1.32. The number of aliphatic hydroxyl groups is 1. The second kappa shape index (κ2) is 6.06. The van der Waals surface area contributed by atoms with E-state index in [1.165, 1.54) is 5.56 Å². The lowest BCUT2D eigenvalue weighted by atomic mass is 10.1. The number of aliphatic hydroxyl groups excluding tert-OH is 1. The zero-order chi connectivity index (χ0) is 13.8. The maximum absolute atomic E-state index is 12.0. The lowest BCUT2D eigenvalue weighted by Crippen LogP contribution is -2.49. The third kappa shape index (κ3) is 2.89. The minimum absolute atomic E-state index is 0.0913. The first kappa shape index (κ1) is 13.9. The Morgan fingerprint density at radius 2 is 2.05 bits per heavy atom. The number of amides is 1. The zero-order valence-electron chi connectivity index (χ0n) is 11.6. The molecule has 1 heterocycles. The molecule has 0 bridgehead atoms. The van der Waals surface area contributed by atoms with Gasteiger partial charge in [-0.25, -0.2) is 0 Å². The fourth-order valence-electron chi connectivity index (χ4n) is 2.60. The van der Waals surface area contributed by atoms with Gasteiger partial charge in [0.25, 0.3) is 0 Å². The number of benzene rings is 1. The number of hydrogen-bond donors (Lipinski definition) is 2.